The average Bonchev–Trinajstić information content (AvgIpc) is 3.03. The van der Waals surface area contributed by atoms with E-state index in [0.29, 0.717) is 29.5 Å². The van der Waals surface area contributed by atoms with Crippen LogP contribution in [0.5, 0.6) is 17.2 Å². The number of Topliss-reactive ketones (excluding diaryl/α,β-unsaturated/α-hetero) is 1. The van der Waals surface area contributed by atoms with Gasteiger partial charge in [-0.2, -0.15) is 0 Å². The van der Waals surface area contributed by atoms with Crippen LogP contribution in [0.4, 0.5) is 0 Å². The molecule has 0 spiro atoms. The Balaban J connectivity index is 1.68. The van der Waals surface area contributed by atoms with Crippen molar-refractivity contribution < 1.29 is 19.4 Å². The van der Waals surface area contributed by atoms with E-state index >= 15 is 0 Å². The molecule has 0 bridgehead atoms. The van der Waals surface area contributed by atoms with Crippen molar-refractivity contribution in [1.29, 1.82) is 0 Å². The fourth-order valence-electron chi connectivity index (χ4n) is 4.18. The van der Waals surface area contributed by atoms with Crippen LogP contribution in [0.3, 0.4) is 0 Å². The van der Waals surface area contributed by atoms with Gasteiger partial charge in [0.05, 0.1) is 18.2 Å². The molecule has 2 aromatic carbocycles. The van der Waals surface area contributed by atoms with E-state index in [0.717, 1.165) is 36.3 Å². The van der Waals surface area contributed by atoms with E-state index in [2.05, 4.69) is 11.8 Å². The molecule has 1 fully saturated rings. The van der Waals surface area contributed by atoms with E-state index in [1.807, 2.05) is 31.2 Å². The lowest BCUT2D eigenvalue weighted by Crippen LogP contribution is -2.36. The molecule has 2 aromatic rings. The van der Waals surface area contributed by atoms with Crippen LogP contribution in [0.15, 0.2) is 36.1 Å². The number of nitrogens with zero attached hydrogens (tertiary/aromatic N) is 1. The fraction of sp³-hybridized carbons (Fsp3) is 0.375. The SMILES string of the molecule is COc1ccc(/C=C2\Oc3c(CN4CCCCC4C)c(O)cc(C)c3C2=O)cc1. The van der Waals surface area contributed by atoms with Crippen LogP contribution in [-0.2, 0) is 6.54 Å². The Bertz CT molecular complexity index is 962. The number of hydrogen-bond donors (Lipinski definition) is 1. The van der Waals surface area contributed by atoms with E-state index in [1.54, 1.807) is 19.3 Å². The summed E-state index contributed by atoms with van der Waals surface area (Å²) in [7, 11) is 1.62. The molecule has 5 nitrogen and oxygen atoms in total. The fourth-order valence-corrected chi connectivity index (χ4v) is 4.18. The van der Waals surface area contributed by atoms with Crippen LogP contribution in [0.2, 0.25) is 0 Å². The number of hydrogen-bond acceptors (Lipinski definition) is 5. The Labute approximate surface area is 171 Å². The van der Waals surface area contributed by atoms with Crippen molar-refractivity contribution in [1.82, 2.24) is 4.90 Å². The monoisotopic (exact) mass is 393 g/mol. The van der Waals surface area contributed by atoms with Crippen molar-refractivity contribution in [2.24, 2.45) is 0 Å². The van der Waals surface area contributed by atoms with Gasteiger partial charge in [0, 0.05) is 12.6 Å². The number of aromatic hydroxyl groups is 1. The third-order valence-electron chi connectivity index (χ3n) is 5.94. The van der Waals surface area contributed by atoms with Crippen molar-refractivity contribution in [3.05, 3.63) is 58.3 Å². The van der Waals surface area contributed by atoms with Gasteiger partial charge < -0.3 is 14.6 Å². The molecule has 0 radical (unpaired) electrons. The van der Waals surface area contributed by atoms with Gasteiger partial charge in [-0.1, -0.05) is 18.6 Å². The van der Waals surface area contributed by atoms with Crippen LogP contribution in [0, 0.1) is 6.92 Å². The Morgan fingerprint density at radius 1 is 1.28 bits per heavy atom. The first kappa shape index (κ1) is 19.5. The zero-order valence-corrected chi connectivity index (χ0v) is 17.2. The molecule has 1 unspecified atom stereocenters. The summed E-state index contributed by atoms with van der Waals surface area (Å²) in [4.78, 5) is 15.4. The van der Waals surface area contributed by atoms with Crippen molar-refractivity contribution >= 4 is 11.9 Å². The predicted octanol–water partition coefficient (Wildman–Crippen LogP) is 4.70. The second kappa shape index (κ2) is 7.91. The highest BCUT2D eigenvalue weighted by molar-refractivity contribution is 6.15. The van der Waals surface area contributed by atoms with Gasteiger partial charge in [0.25, 0.3) is 0 Å². The number of piperidine rings is 1. The first-order valence-corrected chi connectivity index (χ1v) is 10.2. The minimum Gasteiger partial charge on any atom is -0.507 e. The number of carbonyl (C=O) groups is 1. The Morgan fingerprint density at radius 2 is 2.03 bits per heavy atom. The van der Waals surface area contributed by atoms with Crippen molar-refractivity contribution in [3.63, 3.8) is 0 Å². The summed E-state index contributed by atoms with van der Waals surface area (Å²) in [6.45, 7) is 5.62. The number of phenolic OH excluding ortho intramolecular Hbond substituents is 1. The Hall–Kier alpha value is -2.79. The highest BCUT2D eigenvalue weighted by atomic mass is 16.5. The van der Waals surface area contributed by atoms with Gasteiger partial charge in [0.1, 0.15) is 17.2 Å². The largest absolute Gasteiger partial charge is 0.507 e. The number of carbonyl (C=O) groups excluding carboxylic acids is 1. The molecular formula is C24H27NO4. The molecule has 1 N–H and O–H groups in total. The van der Waals surface area contributed by atoms with E-state index in [9.17, 15) is 9.90 Å². The zero-order chi connectivity index (χ0) is 20.5. The molecule has 152 valence electrons. The van der Waals surface area contributed by atoms with Gasteiger partial charge in [0.2, 0.25) is 5.78 Å². The summed E-state index contributed by atoms with van der Waals surface area (Å²) in [5, 5.41) is 10.6. The molecule has 2 heterocycles. The number of rotatable bonds is 4. The molecule has 2 aliphatic heterocycles. The number of ether oxygens (including phenoxy) is 2. The number of ketones is 1. The minimum atomic E-state index is -0.138. The number of methoxy groups -OCH3 is 1. The third-order valence-corrected chi connectivity index (χ3v) is 5.94. The lowest BCUT2D eigenvalue weighted by molar-refractivity contribution is 0.101. The maximum absolute atomic E-state index is 13.1. The standard InChI is InChI=1S/C24H27NO4/c1-15-12-20(26)19(14-25-11-5-4-6-16(25)2)24-22(15)23(27)21(29-24)13-17-7-9-18(28-3)10-8-17/h7-10,12-13,16,26H,4-6,11,14H2,1-3H3/b21-13-. The van der Waals surface area contributed by atoms with Gasteiger partial charge in [0.15, 0.2) is 5.76 Å². The van der Waals surface area contributed by atoms with E-state index in [1.165, 1.54) is 6.42 Å². The van der Waals surface area contributed by atoms with Gasteiger partial charge in [-0.05, 0) is 68.6 Å². The van der Waals surface area contributed by atoms with Gasteiger partial charge in [-0.15, -0.1) is 0 Å². The normalized spacial score (nSPS) is 20.6. The molecule has 0 saturated carbocycles. The van der Waals surface area contributed by atoms with Gasteiger partial charge in [-0.25, -0.2) is 0 Å². The molecule has 4 rings (SSSR count). The quantitative estimate of drug-likeness (QED) is 0.763. The molecule has 0 aromatic heterocycles. The molecule has 5 heteroatoms. The summed E-state index contributed by atoms with van der Waals surface area (Å²) >= 11 is 0. The van der Waals surface area contributed by atoms with E-state index in [4.69, 9.17) is 9.47 Å². The zero-order valence-electron chi connectivity index (χ0n) is 17.2. The van der Waals surface area contributed by atoms with Crippen LogP contribution in [0.1, 0.15) is 53.2 Å². The molecular weight excluding hydrogens is 366 g/mol. The molecule has 1 saturated heterocycles. The Kier molecular flexibility index (Phi) is 5.33. The average molecular weight is 393 g/mol. The van der Waals surface area contributed by atoms with Crippen LogP contribution in [-0.4, -0.2) is 35.5 Å². The number of likely N-dealkylation sites (tertiary alicyclic amines) is 1. The molecule has 2 aliphatic rings. The minimum absolute atomic E-state index is 0.138. The smallest absolute Gasteiger partial charge is 0.232 e. The van der Waals surface area contributed by atoms with Crippen LogP contribution < -0.4 is 9.47 Å². The second-order valence-electron chi connectivity index (χ2n) is 7.92. The lowest BCUT2D eigenvalue weighted by atomic mass is 9.97. The van der Waals surface area contributed by atoms with Gasteiger partial charge >= 0.3 is 0 Å². The van der Waals surface area contributed by atoms with Crippen molar-refractivity contribution in [2.45, 2.75) is 45.7 Å². The summed E-state index contributed by atoms with van der Waals surface area (Å²) in [5.41, 5.74) is 2.85. The second-order valence-corrected chi connectivity index (χ2v) is 7.92. The first-order chi connectivity index (χ1) is 14.0. The highest BCUT2D eigenvalue weighted by Gasteiger charge is 2.34. The number of allylic oxidation sites excluding steroid dienone is 1. The number of benzene rings is 2. The molecule has 0 amide bonds. The summed E-state index contributed by atoms with van der Waals surface area (Å²) in [6.07, 6.45) is 5.28. The highest BCUT2D eigenvalue weighted by Crippen LogP contribution is 2.42. The topological polar surface area (TPSA) is 59.0 Å². The maximum atomic E-state index is 13.1. The summed E-state index contributed by atoms with van der Waals surface area (Å²) in [6, 6.07) is 9.59. The van der Waals surface area contributed by atoms with Crippen molar-refractivity contribution in [3.8, 4) is 17.2 Å². The number of aryl methyl sites for hydroxylation is 1. The van der Waals surface area contributed by atoms with Crippen LogP contribution in [0.25, 0.3) is 6.08 Å². The van der Waals surface area contributed by atoms with Gasteiger partial charge in [-0.3, -0.25) is 9.69 Å². The molecule has 29 heavy (non-hydrogen) atoms. The van der Waals surface area contributed by atoms with Crippen molar-refractivity contribution in [2.75, 3.05) is 13.7 Å². The number of phenols is 1. The van der Waals surface area contributed by atoms with E-state index in [-0.39, 0.29) is 17.3 Å². The Morgan fingerprint density at radius 3 is 2.72 bits per heavy atom. The lowest BCUT2D eigenvalue weighted by Gasteiger charge is -2.33. The third kappa shape index (κ3) is 3.75. The molecule has 0 aliphatic carbocycles. The number of fused-ring (bicyclic) bond motifs is 1. The van der Waals surface area contributed by atoms with E-state index < -0.39 is 0 Å². The summed E-state index contributed by atoms with van der Waals surface area (Å²) < 4.78 is 11.2. The predicted molar refractivity (Wildman–Crippen MR) is 112 cm³/mol. The maximum Gasteiger partial charge on any atom is 0.232 e. The van der Waals surface area contributed by atoms with Crippen LogP contribution >= 0.6 is 0 Å². The molecule has 1 atom stereocenters. The summed E-state index contributed by atoms with van der Waals surface area (Å²) in [5.74, 6) is 1.60. The first-order valence-electron chi connectivity index (χ1n) is 10.2.